The Labute approximate surface area is 152 Å². The molecule has 5 nitrogen and oxygen atoms in total. The second-order valence-electron chi connectivity index (χ2n) is 6.05. The summed E-state index contributed by atoms with van der Waals surface area (Å²) < 4.78 is 2.08. The van der Waals surface area contributed by atoms with E-state index in [1.54, 1.807) is 11.3 Å². The normalized spacial score (nSPS) is 13.2. The van der Waals surface area contributed by atoms with Crippen LogP contribution in [0.2, 0.25) is 0 Å². The minimum Gasteiger partial charge on any atom is -0.357 e. The van der Waals surface area contributed by atoms with Crippen LogP contribution in [-0.2, 0) is 6.42 Å². The van der Waals surface area contributed by atoms with Gasteiger partial charge in [0.25, 0.3) is 0 Å². The average Bonchev–Trinajstić information content (AvgIpc) is 3.25. The number of aromatic nitrogens is 2. The summed E-state index contributed by atoms with van der Waals surface area (Å²) >= 11 is 1.76. The molecule has 2 N–H and O–H groups in total. The van der Waals surface area contributed by atoms with Crippen molar-refractivity contribution in [1.82, 2.24) is 20.0 Å². The molecule has 0 fully saturated rings. The quantitative estimate of drug-likeness (QED) is 0.525. The molecule has 0 bridgehead atoms. The lowest BCUT2D eigenvalue weighted by atomic mass is 10.3. The molecule has 3 aromatic rings. The van der Waals surface area contributed by atoms with Crippen molar-refractivity contribution in [2.24, 2.45) is 4.99 Å². The number of thiophene rings is 1. The minimum atomic E-state index is 0.246. The van der Waals surface area contributed by atoms with Crippen molar-refractivity contribution >= 4 is 22.9 Å². The summed E-state index contributed by atoms with van der Waals surface area (Å²) in [6.45, 7) is 7.87. The molecule has 1 unspecified atom stereocenters. The molecule has 0 spiro atoms. The number of aryl methyl sites for hydroxylation is 1. The maximum Gasteiger partial charge on any atom is 0.191 e. The predicted octanol–water partition coefficient (Wildman–Crippen LogP) is 3.56. The zero-order valence-corrected chi connectivity index (χ0v) is 15.8. The average molecular weight is 356 g/mol. The molecule has 0 aliphatic heterocycles. The molecule has 0 saturated carbocycles. The zero-order valence-electron chi connectivity index (χ0n) is 15.0. The van der Waals surface area contributed by atoms with E-state index in [-0.39, 0.29) is 6.04 Å². The third kappa shape index (κ3) is 4.39. The van der Waals surface area contributed by atoms with E-state index in [4.69, 9.17) is 9.98 Å². The molecule has 3 aromatic heterocycles. The summed E-state index contributed by atoms with van der Waals surface area (Å²) in [4.78, 5) is 10.7. The van der Waals surface area contributed by atoms with Crippen LogP contribution in [-0.4, -0.2) is 28.4 Å². The van der Waals surface area contributed by atoms with Crippen LogP contribution < -0.4 is 10.6 Å². The summed E-state index contributed by atoms with van der Waals surface area (Å²) in [5.74, 6) is 0.850. The van der Waals surface area contributed by atoms with E-state index in [1.165, 1.54) is 10.4 Å². The molecule has 3 rings (SSSR count). The van der Waals surface area contributed by atoms with Crippen LogP contribution in [0.15, 0.2) is 47.0 Å². The Balaban J connectivity index is 1.63. The van der Waals surface area contributed by atoms with Gasteiger partial charge in [-0.25, -0.2) is 4.98 Å². The number of pyridine rings is 1. The van der Waals surface area contributed by atoms with Crippen molar-refractivity contribution in [1.29, 1.82) is 0 Å². The largest absolute Gasteiger partial charge is 0.357 e. The van der Waals surface area contributed by atoms with E-state index in [1.807, 2.05) is 12.3 Å². The number of nitrogens with zero attached hydrogens (tertiary/aromatic N) is 3. The molecule has 1 atom stereocenters. The number of aliphatic imine (C=N–C) groups is 1. The van der Waals surface area contributed by atoms with Gasteiger partial charge in [0.1, 0.15) is 5.65 Å². The van der Waals surface area contributed by atoms with Gasteiger partial charge >= 0.3 is 0 Å². The van der Waals surface area contributed by atoms with Crippen LogP contribution in [0, 0.1) is 6.92 Å². The first-order valence-electron chi connectivity index (χ1n) is 8.69. The third-order valence-electron chi connectivity index (χ3n) is 4.03. The first-order valence-corrected chi connectivity index (χ1v) is 9.56. The van der Waals surface area contributed by atoms with Crippen LogP contribution in [0.4, 0.5) is 0 Å². The zero-order chi connectivity index (χ0) is 17.6. The highest BCUT2D eigenvalue weighted by atomic mass is 32.1. The maximum atomic E-state index is 4.71. The summed E-state index contributed by atoms with van der Waals surface area (Å²) in [5.41, 5.74) is 3.29. The Bertz CT molecular complexity index is 835. The van der Waals surface area contributed by atoms with Crippen molar-refractivity contribution < 1.29 is 0 Å². The number of guanidine groups is 1. The Hall–Kier alpha value is -2.34. The van der Waals surface area contributed by atoms with Crippen molar-refractivity contribution in [3.8, 4) is 0 Å². The van der Waals surface area contributed by atoms with Gasteiger partial charge in [-0.05, 0) is 43.8 Å². The molecule has 0 saturated heterocycles. The van der Waals surface area contributed by atoms with E-state index < -0.39 is 0 Å². The molecule has 6 heteroatoms. The van der Waals surface area contributed by atoms with Gasteiger partial charge in [0.2, 0.25) is 0 Å². The Kier molecular flexibility index (Phi) is 5.71. The Morgan fingerprint density at radius 2 is 2.24 bits per heavy atom. The van der Waals surface area contributed by atoms with E-state index in [2.05, 4.69) is 65.6 Å². The van der Waals surface area contributed by atoms with Crippen LogP contribution in [0.5, 0.6) is 0 Å². The summed E-state index contributed by atoms with van der Waals surface area (Å²) in [6, 6.07) is 8.60. The number of nitrogens with one attached hydrogen (secondary N) is 2. The summed E-state index contributed by atoms with van der Waals surface area (Å²) in [6.07, 6.45) is 4.95. The van der Waals surface area contributed by atoms with Crippen molar-refractivity contribution in [3.05, 3.63) is 58.2 Å². The highest BCUT2D eigenvalue weighted by Gasteiger charge is 2.08. The first-order chi connectivity index (χ1) is 12.2. The lowest BCUT2D eigenvalue weighted by molar-refractivity contribution is 0.697. The molecule has 3 heterocycles. The second kappa shape index (κ2) is 8.16. The van der Waals surface area contributed by atoms with E-state index in [9.17, 15) is 0 Å². The van der Waals surface area contributed by atoms with Gasteiger partial charge in [-0.15, -0.1) is 11.3 Å². The van der Waals surface area contributed by atoms with Crippen molar-refractivity contribution in [3.63, 3.8) is 0 Å². The fraction of sp³-hybridized carbons (Fsp3) is 0.368. The molecule has 132 valence electrons. The van der Waals surface area contributed by atoms with Crippen LogP contribution >= 0.6 is 11.3 Å². The molecular weight excluding hydrogens is 330 g/mol. The lowest BCUT2D eigenvalue weighted by Gasteiger charge is -2.16. The van der Waals surface area contributed by atoms with Gasteiger partial charge in [0.05, 0.1) is 11.7 Å². The summed E-state index contributed by atoms with van der Waals surface area (Å²) in [7, 11) is 0. The molecule has 0 amide bonds. The SMILES string of the molecule is CCNC(=NCCc1cn2cccc(C)c2n1)NC(C)c1cccs1. The fourth-order valence-corrected chi connectivity index (χ4v) is 3.48. The van der Waals surface area contributed by atoms with Gasteiger partial charge in [-0.2, -0.15) is 0 Å². The monoisotopic (exact) mass is 355 g/mol. The smallest absolute Gasteiger partial charge is 0.191 e. The molecule has 0 radical (unpaired) electrons. The lowest BCUT2D eigenvalue weighted by Crippen LogP contribution is -2.38. The topological polar surface area (TPSA) is 53.7 Å². The Morgan fingerprint density at radius 1 is 1.36 bits per heavy atom. The van der Waals surface area contributed by atoms with Gasteiger partial charge < -0.3 is 15.0 Å². The molecular formula is C19H25N5S. The van der Waals surface area contributed by atoms with Gasteiger partial charge in [-0.3, -0.25) is 4.99 Å². The minimum absolute atomic E-state index is 0.246. The third-order valence-corrected chi connectivity index (χ3v) is 5.09. The number of hydrogen-bond donors (Lipinski definition) is 2. The van der Waals surface area contributed by atoms with Crippen LogP contribution in [0.25, 0.3) is 5.65 Å². The maximum absolute atomic E-state index is 4.71. The Morgan fingerprint density at radius 3 is 2.96 bits per heavy atom. The van der Waals surface area contributed by atoms with Gasteiger partial charge in [0.15, 0.2) is 5.96 Å². The summed E-state index contributed by atoms with van der Waals surface area (Å²) in [5, 5.41) is 8.88. The van der Waals surface area contributed by atoms with E-state index >= 15 is 0 Å². The second-order valence-corrected chi connectivity index (χ2v) is 7.03. The highest BCUT2D eigenvalue weighted by molar-refractivity contribution is 7.10. The molecule has 0 aliphatic rings. The van der Waals surface area contributed by atoms with E-state index in [0.717, 1.165) is 30.3 Å². The number of hydrogen-bond acceptors (Lipinski definition) is 3. The fourth-order valence-electron chi connectivity index (χ4n) is 2.74. The van der Waals surface area contributed by atoms with E-state index in [0.29, 0.717) is 6.54 Å². The van der Waals surface area contributed by atoms with Crippen LogP contribution in [0.3, 0.4) is 0 Å². The number of rotatable bonds is 6. The standard InChI is InChI=1S/C19H25N5S/c1-4-20-19(22-15(3)17-8-6-12-25-17)21-10-9-16-13-24-11-5-7-14(2)18(24)23-16/h5-8,11-13,15H,4,9-10H2,1-3H3,(H2,20,21,22). The van der Waals surface area contributed by atoms with Gasteiger partial charge in [-0.1, -0.05) is 12.1 Å². The number of imidazole rings is 1. The van der Waals surface area contributed by atoms with Crippen molar-refractivity contribution in [2.45, 2.75) is 33.2 Å². The molecule has 0 aliphatic carbocycles. The first kappa shape index (κ1) is 17.5. The van der Waals surface area contributed by atoms with Crippen LogP contribution in [0.1, 0.15) is 36.0 Å². The molecule has 25 heavy (non-hydrogen) atoms. The highest BCUT2D eigenvalue weighted by Crippen LogP contribution is 2.17. The molecule has 0 aromatic carbocycles. The predicted molar refractivity (Wildman–Crippen MR) is 105 cm³/mol. The number of fused-ring (bicyclic) bond motifs is 1. The van der Waals surface area contributed by atoms with Gasteiger partial charge in [0, 0.05) is 36.8 Å². The van der Waals surface area contributed by atoms with Crippen molar-refractivity contribution in [2.75, 3.05) is 13.1 Å².